The highest BCUT2D eigenvalue weighted by Crippen LogP contribution is 2.29. The molecule has 0 saturated carbocycles. The zero-order chi connectivity index (χ0) is 13.2. The maximum Gasteiger partial charge on any atom is 0.0591 e. The van der Waals surface area contributed by atoms with Gasteiger partial charge in [0.15, 0.2) is 0 Å². The van der Waals surface area contributed by atoms with Crippen LogP contribution in [0.1, 0.15) is 5.69 Å². The number of nitrogens with zero attached hydrogens (tertiary/aromatic N) is 1. The summed E-state index contributed by atoms with van der Waals surface area (Å²) >= 11 is 4.57. The van der Waals surface area contributed by atoms with Gasteiger partial charge in [0, 0.05) is 10.6 Å². The van der Waals surface area contributed by atoms with Crippen LogP contribution in [-0.4, -0.2) is 4.57 Å². The molecule has 0 amide bonds. The van der Waals surface area contributed by atoms with E-state index >= 15 is 0 Å². The number of aromatic nitrogens is 1. The van der Waals surface area contributed by atoms with Gasteiger partial charge in [-0.1, -0.05) is 42.5 Å². The van der Waals surface area contributed by atoms with Crippen molar-refractivity contribution in [3.8, 4) is 16.9 Å². The molecule has 1 nitrogen and oxygen atoms in total. The summed E-state index contributed by atoms with van der Waals surface area (Å²) in [5.41, 5.74) is 4.74. The van der Waals surface area contributed by atoms with Crippen LogP contribution in [0, 0.1) is 6.92 Å². The highest BCUT2D eigenvalue weighted by molar-refractivity contribution is 7.80. The number of rotatable bonds is 2. The van der Waals surface area contributed by atoms with Gasteiger partial charge in [-0.05, 0) is 36.8 Å². The van der Waals surface area contributed by atoms with Crippen molar-refractivity contribution in [1.29, 1.82) is 0 Å². The Labute approximate surface area is 118 Å². The first-order chi connectivity index (χ1) is 9.27. The molecule has 19 heavy (non-hydrogen) atoms. The third kappa shape index (κ3) is 2.20. The van der Waals surface area contributed by atoms with E-state index in [9.17, 15) is 0 Å². The lowest BCUT2D eigenvalue weighted by Gasteiger charge is -2.14. The maximum atomic E-state index is 4.57. The summed E-state index contributed by atoms with van der Waals surface area (Å²) in [6, 6.07) is 22.9. The number of benzene rings is 2. The predicted octanol–water partition coefficient (Wildman–Crippen LogP) is 4.74. The van der Waals surface area contributed by atoms with E-state index in [2.05, 4.69) is 66.6 Å². The molecular formula is C17H15NS. The van der Waals surface area contributed by atoms with E-state index in [4.69, 9.17) is 0 Å². The molecule has 0 aliphatic carbocycles. The molecule has 0 unspecified atom stereocenters. The van der Waals surface area contributed by atoms with Gasteiger partial charge in [-0.3, -0.25) is 0 Å². The minimum absolute atomic E-state index is 0.985. The fourth-order valence-electron chi connectivity index (χ4n) is 2.35. The lowest BCUT2D eigenvalue weighted by molar-refractivity contribution is 0.995. The van der Waals surface area contributed by atoms with Crippen molar-refractivity contribution in [3.63, 3.8) is 0 Å². The lowest BCUT2D eigenvalue weighted by Crippen LogP contribution is -1.99. The van der Waals surface area contributed by atoms with Crippen LogP contribution in [0.25, 0.3) is 16.9 Å². The normalized spacial score (nSPS) is 10.6. The second-order valence-corrected chi connectivity index (χ2v) is 5.03. The largest absolute Gasteiger partial charge is 0.313 e. The average Bonchev–Trinajstić information content (AvgIpc) is 2.82. The molecule has 0 atom stereocenters. The average molecular weight is 265 g/mol. The van der Waals surface area contributed by atoms with E-state index < -0.39 is 0 Å². The highest BCUT2D eigenvalue weighted by atomic mass is 32.1. The minimum atomic E-state index is 0.985. The molecule has 3 aromatic rings. The summed E-state index contributed by atoms with van der Waals surface area (Å²) in [4.78, 5) is 0.985. The third-order valence-electron chi connectivity index (χ3n) is 3.27. The topological polar surface area (TPSA) is 4.93 Å². The van der Waals surface area contributed by atoms with Gasteiger partial charge in [0.1, 0.15) is 0 Å². The van der Waals surface area contributed by atoms with Gasteiger partial charge in [-0.25, -0.2) is 0 Å². The molecule has 0 fully saturated rings. The predicted molar refractivity (Wildman–Crippen MR) is 83.2 cm³/mol. The van der Waals surface area contributed by atoms with Crippen LogP contribution in [0.15, 0.2) is 71.6 Å². The van der Waals surface area contributed by atoms with Crippen molar-refractivity contribution in [2.24, 2.45) is 0 Å². The van der Waals surface area contributed by atoms with Gasteiger partial charge in [0.2, 0.25) is 0 Å². The maximum absolute atomic E-state index is 4.57. The highest BCUT2D eigenvalue weighted by Gasteiger charge is 2.10. The van der Waals surface area contributed by atoms with Gasteiger partial charge in [0.25, 0.3) is 0 Å². The lowest BCUT2D eigenvalue weighted by atomic mass is 10.1. The number of para-hydroxylation sites is 1. The SMILES string of the molecule is Cc1ccc(-c2ccccc2)n1-c1ccccc1S. The smallest absolute Gasteiger partial charge is 0.0591 e. The van der Waals surface area contributed by atoms with Crippen LogP contribution in [0.5, 0.6) is 0 Å². The van der Waals surface area contributed by atoms with Crippen LogP contribution in [0.4, 0.5) is 0 Å². The molecule has 0 spiro atoms. The van der Waals surface area contributed by atoms with Crippen LogP contribution in [-0.2, 0) is 0 Å². The van der Waals surface area contributed by atoms with E-state index in [0.29, 0.717) is 0 Å². The summed E-state index contributed by atoms with van der Waals surface area (Å²) in [5.74, 6) is 0. The molecule has 0 radical (unpaired) electrons. The summed E-state index contributed by atoms with van der Waals surface area (Å²) in [6.45, 7) is 2.12. The molecule has 0 saturated heterocycles. The van der Waals surface area contributed by atoms with E-state index in [1.807, 2.05) is 24.3 Å². The molecule has 0 bridgehead atoms. The fourth-order valence-corrected chi connectivity index (χ4v) is 2.61. The first-order valence-electron chi connectivity index (χ1n) is 6.29. The summed E-state index contributed by atoms with van der Waals surface area (Å²) in [5, 5.41) is 0. The van der Waals surface area contributed by atoms with Crippen LogP contribution < -0.4 is 0 Å². The Morgan fingerprint density at radius 2 is 1.47 bits per heavy atom. The molecule has 2 aromatic carbocycles. The molecule has 1 aromatic heterocycles. The van der Waals surface area contributed by atoms with Crippen molar-refractivity contribution >= 4 is 12.6 Å². The Kier molecular flexibility index (Phi) is 3.18. The van der Waals surface area contributed by atoms with Crippen LogP contribution >= 0.6 is 12.6 Å². The van der Waals surface area contributed by atoms with Gasteiger partial charge in [0.05, 0.1) is 11.4 Å². The van der Waals surface area contributed by atoms with Gasteiger partial charge in [-0.15, -0.1) is 12.6 Å². The molecule has 3 rings (SSSR count). The molecular weight excluding hydrogens is 250 g/mol. The van der Waals surface area contributed by atoms with E-state index in [1.165, 1.54) is 17.0 Å². The quantitative estimate of drug-likeness (QED) is 0.638. The van der Waals surface area contributed by atoms with Crippen molar-refractivity contribution in [2.75, 3.05) is 0 Å². The first-order valence-corrected chi connectivity index (χ1v) is 6.74. The van der Waals surface area contributed by atoms with E-state index in [-0.39, 0.29) is 0 Å². The van der Waals surface area contributed by atoms with Crippen molar-refractivity contribution in [3.05, 3.63) is 72.4 Å². The van der Waals surface area contributed by atoms with Gasteiger partial charge in [-0.2, -0.15) is 0 Å². The Hall–Kier alpha value is -1.93. The Bertz CT molecular complexity index is 698. The zero-order valence-electron chi connectivity index (χ0n) is 10.7. The van der Waals surface area contributed by atoms with Crippen molar-refractivity contribution < 1.29 is 0 Å². The monoisotopic (exact) mass is 265 g/mol. The second kappa shape index (κ2) is 4.98. The summed E-state index contributed by atoms with van der Waals surface area (Å²) in [7, 11) is 0. The van der Waals surface area contributed by atoms with E-state index in [1.54, 1.807) is 0 Å². The zero-order valence-corrected chi connectivity index (χ0v) is 11.6. The number of aryl methyl sites for hydroxylation is 1. The molecule has 0 N–H and O–H groups in total. The number of hydrogen-bond donors (Lipinski definition) is 1. The molecule has 1 heterocycles. The number of hydrogen-bond acceptors (Lipinski definition) is 1. The minimum Gasteiger partial charge on any atom is -0.313 e. The van der Waals surface area contributed by atoms with E-state index in [0.717, 1.165) is 10.6 Å². The summed E-state index contributed by atoms with van der Waals surface area (Å²) in [6.07, 6.45) is 0. The first kappa shape index (κ1) is 12.1. The Balaban J connectivity index is 2.23. The van der Waals surface area contributed by atoms with Gasteiger partial charge < -0.3 is 4.57 Å². The summed E-state index contributed by atoms with van der Waals surface area (Å²) < 4.78 is 2.25. The van der Waals surface area contributed by atoms with Gasteiger partial charge >= 0.3 is 0 Å². The molecule has 0 aliphatic rings. The van der Waals surface area contributed by atoms with Crippen LogP contribution in [0.3, 0.4) is 0 Å². The van der Waals surface area contributed by atoms with Crippen molar-refractivity contribution in [2.45, 2.75) is 11.8 Å². The molecule has 2 heteroatoms. The number of thiol groups is 1. The standard InChI is InChI=1S/C17H15NS/c1-13-11-12-15(14-7-3-2-4-8-14)18(13)16-9-5-6-10-17(16)19/h2-12,19H,1H3. The third-order valence-corrected chi connectivity index (χ3v) is 3.65. The Morgan fingerprint density at radius 1 is 0.789 bits per heavy atom. The second-order valence-electron chi connectivity index (χ2n) is 4.55. The van der Waals surface area contributed by atoms with Crippen LogP contribution in [0.2, 0.25) is 0 Å². The Morgan fingerprint density at radius 3 is 2.21 bits per heavy atom. The van der Waals surface area contributed by atoms with Crippen molar-refractivity contribution in [1.82, 2.24) is 4.57 Å². The fraction of sp³-hybridized carbons (Fsp3) is 0.0588. The molecule has 94 valence electrons. The molecule has 0 aliphatic heterocycles.